The summed E-state index contributed by atoms with van der Waals surface area (Å²) in [5.74, 6) is 0. The Morgan fingerprint density at radius 3 is 2.87 bits per heavy atom. The van der Waals surface area contributed by atoms with Gasteiger partial charge >= 0.3 is 0 Å². The van der Waals surface area contributed by atoms with Gasteiger partial charge in [0, 0.05) is 31.3 Å². The first-order chi connectivity index (χ1) is 7.25. The van der Waals surface area contributed by atoms with E-state index in [9.17, 15) is 0 Å². The Morgan fingerprint density at radius 2 is 2.20 bits per heavy atom. The van der Waals surface area contributed by atoms with Gasteiger partial charge in [0.15, 0.2) is 0 Å². The van der Waals surface area contributed by atoms with Gasteiger partial charge in [0.2, 0.25) is 0 Å². The summed E-state index contributed by atoms with van der Waals surface area (Å²) in [4.78, 5) is 4.06. The highest BCUT2D eigenvalue weighted by molar-refractivity contribution is 5.44. The molecule has 0 aliphatic rings. The lowest BCUT2D eigenvalue weighted by atomic mass is 10.1. The third-order valence-corrected chi connectivity index (χ3v) is 2.36. The van der Waals surface area contributed by atoms with Gasteiger partial charge < -0.3 is 5.73 Å². The second kappa shape index (κ2) is 4.13. The summed E-state index contributed by atoms with van der Waals surface area (Å²) >= 11 is 0. The number of pyridine rings is 1. The van der Waals surface area contributed by atoms with E-state index in [2.05, 4.69) is 10.1 Å². The van der Waals surface area contributed by atoms with Gasteiger partial charge in [0.25, 0.3) is 0 Å². The van der Waals surface area contributed by atoms with E-state index < -0.39 is 0 Å². The Morgan fingerprint density at radius 1 is 1.33 bits per heavy atom. The predicted molar refractivity (Wildman–Crippen MR) is 59.3 cm³/mol. The van der Waals surface area contributed by atoms with Gasteiger partial charge in [-0.3, -0.25) is 9.67 Å². The highest BCUT2D eigenvalue weighted by Gasteiger charge is 2.01. The highest BCUT2D eigenvalue weighted by Crippen LogP contribution is 2.11. The van der Waals surface area contributed by atoms with Crippen molar-refractivity contribution in [3.8, 4) is 0 Å². The molecule has 0 aromatic carbocycles. The summed E-state index contributed by atoms with van der Waals surface area (Å²) in [6.45, 7) is 0. The molecule has 0 atom stereocenters. The first kappa shape index (κ1) is 9.71. The van der Waals surface area contributed by atoms with E-state index >= 15 is 0 Å². The lowest BCUT2D eigenvalue weighted by Crippen LogP contribution is -1.99. The zero-order chi connectivity index (χ0) is 10.7. The number of nitrogens with zero attached hydrogens (tertiary/aromatic N) is 3. The van der Waals surface area contributed by atoms with Crippen LogP contribution in [0.3, 0.4) is 0 Å². The topological polar surface area (TPSA) is 56.7 Å². The Kier molecular flexibility index (Phi) is 2.67. The summed E-state index contributed by atoms with van der Waals surface area (Å²) in [7, 11) is 1.92. The van der Waals surface area contributed by atoms with Crippen LogP contribution in [0, 0.1) is 0 Å². The van der Waals surface area contributed by atoms with Crippen molar-refractivity contribution in [2.45, 2.75) is 12.8 Å². The minimum absolute atomic E-state index is 0.806. The molecular formula is C11H14N4. The maximum atomic E-state index is 5.82. The maximum Gasteiger partial charge on any atom is 0.0627 e. The number of nitrogens with two attached hydrogens (primary N) is 1. The molecule has 0 saturated heterocycles. The van der Waals surface area contributed by atoms with Gasteiger partial charge in [0.05, 0.1) is 5.69 Å². The van der Waals surface area contributed by atoms with Crippen molar-refractivity contribution in [2.24, 2.45) is 7.05 Å². The predicted octanol–water partition coefficient (Wildman–Crippen LogP) is 1.18. The molecule has 0 unspecified atom stereocenters. The maximum absolute atomic E-state index is 5.82. The van der Waals surface area contributed by atoms with Crippen LogP contribution in [0.4, 0.5) is 5.69 Å². The molecule has 2 aromatic heterocycles. The Bertz CT molecular complexity index is 447. The van der Waals surface area contributed by atoms with Gasteiger partial charge in [-0.2, -0.15) is 5.10 Å². The van der Waals surface area contributed by atoms with E-state index in [4.69, 9.17) is 5.73 Å². The van der Waals surface area contributed by atoms with Crippen molar-refractivity contribution in [3.63, 3.8) is 0 Å². The zero-order valence-electron chi connectivity index (χ0n) is 8.72. The van der Waals surface area contributed by atoms with E-state index in [0.29, 0.717) is 0 Å². The van der Waals surface area contributed by atoms with Gasteiger partial charge in [-0.15, -0.1) is 0 Å². The fourth-order valence-electron chi connectivity index (χ4n) is 1.51. The molecule has 0 amide bonds. The standard InChI is InChI=1S/C11H14N4/c1-15-7-5-10(14-15)3-2-9-8-13-6-4-11(9)12/h4-8H,2-3H2,1H3,(H2,12,13). The molecule has 2 N–H and O–H groups in total. The highest BCUT2D eigenvalue weighted by atomic mass is 15.2. The van der Waals surface area contributed by atoms with Crippen LogP contribution in [0.5, 0.6) is 0 Å². The van der Waals surface area contributed by atoms with Gasteiger partial charge in [-0.1, -0.05) is 0 Å². The summed E-state index contributed by atoms with van der Waals surface area (Å²) < 4.78 is 1.81. The van der Waals surface area contributed by atoms with E-state index in [1.807, 2.05) is 36.3 Å². The molecule has 0 saturated carbocycles. The van der Waals surface area contributed by atoms with Crippen LogP contribution >= 0.6 is 0 Å². The fourth-order valence-corrected chi connectivity index (χ4v) is 1.51. The summed E-state index contributed by atoms with van der Waals surface area (Å²) in [5.41, 5.74) is 8.80. The molecule has 2 rings (SSSR count). The average Bonchev–Trinajstić information content (AvgIpc) is 2.63. The Labute approximate surface area is 88.8 Å². The van der Waals surface area contributed by atoms with Crippen molar-refractivity contribution in [2.75, 3.05) is 5.73 Å². The van der Waals surface area contributed by atoms with Crippen molar-refractivity contribution in [1.82, 2.24) is 14.8 Å². The number of aromatic nitrogens is 3. The lowest BCUT2D eigenvalue weighted by molar-refractivity contribution is 0.737. The largest absolute Gasteiger partial charge is 0.398 e. The minimum Gasteiger partial charge on any atom is -0.398 e. The lowest BCUT2D eigenvalue weighted by Gasteiger charge is -2.02. The molecule has 4 nitrogen and oxygen atoms in total. The van der Waals surface area contributed by atoms with Crippen LogP contribution in [0.2, 0.25) is 0 Å². The Balaban J connectivity index is 2.02. The van der Waals surface area contributed by atoms with Gasteiger partial charge in [0.1, 0.15) is 0 Å². The van der Waals surface area contributed by atoms with Crippen LogP contribution in [0.15, 0.2) is 30.7 Å². The summed E-state index contributed by atoms with van der Waals surface area (Å²) in [6.07, 6.45) is 7.26. The molecule has 2 heterocycles. The number of nitrogen functional groups attached to an aromatic ring is 1. The molecule has 15 heavy (non-hydrogen) atoms. The van der Waals surface area contributed by atoms with Crippen molar-refractivity contribution >= 4 is 5.69 Å². The number of hydrogen-bond acceptors (Lipinski definition) is 3. The number of hydrogen-bond donors (Lipinski definition) is 1. The SMILES string of the molecule is Cn1ccc(CCc2cnccc2N)n1. The molecule has 0 bridgehead atoms. The summed E-state index contributed by atoms with van der Waals surface area (Å²) in [5, 5.41) is 4.31. The second-order valence-electron chi connectivity index (χ2n) is 3.56. The van der Waals surface area contributed by atoms with Crippen LogP contribution in [0.25, 0.3) is 0 Å². The average molecular weight is 202 g/mol. The molecule has 2 aromatic rings. The van der Waals surface area contributed by atoms with E-state index in [-0.39, 0.29) is 0 Å². The fraction of sp³-hybridized carbons (Fsp3) is 0.273. The summed E-state index contributed by atoms with van der Waals surface area (Å²) in [6, 6.07) is 3.85. The molecule has 0 radical (unpaired) electrons. The van der Waals surface area contributed by atoms with E-state index in [1.165, 1.54) is 0 Å². The molecule has 0 aliphatic heterocycles. The molecule has 0 fully saturated rings. The van der Waals surface area contributed by atoms with Crippen molar-refractivity contribution < 1.29 is 0 Å². The van der Waals surface area contributed by atoms with Crippen LogP contribution in [-0.2, 0) is 19.9 Å². The van der Waals surface area contributed by atoms with Crippen LogP contribution < -0.4 is 5.73 Å². The Hall–Kier alpha value is -1.84. The zero-order valence-corrected chi connectivity index (χ0v) is 8.72. The van der Waals surface area contributed by atoms with Gasteiger partial charge in [-0.25, -0.2) is 0 Å². The quantitative estimate of drug-likeness (QED) is 0.813. The van der Waals surface area contributed by atoms with Crippen molar-refractivity contribution in [1.29, 1.82) is 0 Å². The first-order valence-corrected chi connectivity index (χ1v) is 4.92. The number of anilines is 1. The molecule has 0 aliphatic carbocycles. The van der Waals surface area contributed by atoms with Gasteiger partial charge in [-0.05, 0) is 30.5 Å². The molecule has 0 spiro atoms. The van der Waals surface area contributed by atoms with Crippen LogP contribution in [-0.4, -0.2) is 14.8 Å². The molecule has 78 valence electrons. The monoisotopic (exact) mass is 202 g/mol. The first-order valence-electron chi connectivity index (χ1n) is 4.92. The van der Waals surface area contributed by atoms with Crippen LogP contribution in [0.1, 0.15) is 11.3 Å². The van der Waals surface area contributed by atoms with E-state index in [1.54, 1.807) is 6.20 Å². The number of aryl methyl sites for hydroxylation is 3. The second-order valence-corrected chi connectivity index (χ2v) is 3.56. The smallest absolute Gasteiger partial charge is 0.0627 e. The normalized spacial score (nSPS) is 10.5. The molecule has 4 heteroatoms. The molecular weight excluding hydrogens is 188 g/mol. The third kappa shape index (κ3) is 2.34. The number of rotatable bonds is 3. The van der Waals surface area contributed by atoms with Crippen molar-refractivity contribution in [3.05, 3.63) is 42.0 Å². The van der Waals surface area contributed by atoms with E-state index in [0.717, 1.165) is 29.8 Å². The third-order valence-electron chi connectivity index (χ3n) is 2.36. The minimum atomic E-state index is 0.806.